The van der Waals surface area contributed by atoms with Gasteiger partial charge in [0.25, 0.3) is 0 Å². The van der Waals surface area contributed by atoms with Crippen molar-refractivity contribution in [3.8, 4) is 77.9 Å². The van der Waals surface area contributed by atoms with Crippen molar-refractivity contribution in [3.63, 3.8) is 0 Å². The van der Waals surface area contributed by atoms with Crippen molar-refractivity contribution >= 4 is 63.0 Å². The molecule has 0 saturated heterocycles. The monoisotopic (exact) mass is 834 g/mol. The minimum atomic E-state index is 0.945. The molecule has 2 heteroatoms. The van der Waals surface area contributed by atoms with E-state index in [0.717, 1.165) is 6.42 Å². The Kier molecular flexibility index (Phi) is 8.44. The van der Waals surface area contributed by atoms with Crippen molar-refractivity contribution in [1.82, 2.24) is 0 Å². The van der Waals surface area contributed by atoms with Gasteiger partial charge in [-0.15, -0.1) is 22.7 Å². The molecule has 0 aliphatic heterocycles. The van der Waals surface area contributed by atoms with Crippen LogP contribution in [0.5, 0.6) is 0 Å². The van der Waals surface area contributed by atoms with Crippen LogP contribution in [-0.4, -0.2) is 0 Å². The number of thiophene rings is 2. The quantitative estimate of drug-likeness (QED) is 0.157. The fourth-order valence-corrected chi connectivity index (χ4v) is 12.3. The fraction of sp³-hybridized carbons (Fsp3) is 0.0164. The van der Waals surface area contributed by atoms with Crippen molar-refractivity contribution in [2.45, 2.75) is 6.42 Å². The number of hydrogen-bond acceptors (Lipinski definition) is 2. The Hall–Kier alpha value is -7.36. The number of hydrogen-bond donors (Lipinski definition) is 0. The molecule has 294 valence electrons. The molecule has 13 rings (SSSR count). The van der Waals surface area contributed by atoms with Gasteiger partial charge in [0.2, 0.25) is 0 Å². The molecule has 63 heavy (non-hydrogen) atoms. The summed E-state index contributed by atoms with van der Waals surface area (Å²) < 4.78 is 5.30. The Morgan fingerprint density at radius 1 is 0.238 bits per heavy atom. The molecule has 0 spiro atoms. The first kappa shape index (κ1) is 36.3. The smallest absolute Gasteiger partial charge is 0.0434 e. The zero-order valence-electron chi connectivity index (χ0n) is 34.3. The van der Waals surface area contributed by atoms with Crippen LogP contribution in [0.25, 0.3) is 118 Å². The largest absolute Gasteiger partial charge is 0.135 e. The predicted molar refractivity (Wildman–Crippen MR) is 273 cm³/mol. The van der Waals surface area contributed by atoms with Gasteiger partial charge in [-0.05, 0) is 145 Å². The Morgan fingerprint density at radius 3 is 0.968 bits per heavy atom. The highest BCUT2D eigenvalue weighted by Gasteiger charge is 2.23. The second kappa shape index (κ2) is 14.6. The van der Waals surface area contributed by atoms with Crippen molar-refractivity contribution in [1.29, 1.82) is 0 Å². The van der Waals surface area contributed by atoms with E-state index >= 15 is 0 Å². The standard InChI is InChI=1S/C61H38S2/c1-5-13-38(14-6-1)42-25-27-58-54(30-42)56-36-48(40-17-9-3-10-18-40)34-52(60(56)62-58)46-23-21-44-29-45-22-24-47(33-51(45)50(44)32-46)53-35-49(41-19-11-4-12-20-41)37-57-55-31-43(39-15-7-2-8-16-39)26-28-59(55)63-61(53)57/h1-28,30-37H,29H2. The van der Waals surface area contributed by atoms with Crippen LogP contribution >= 0.6 is 22.7 Å². The average Bonchev–Trinajstić information content (AvgIpc) is 4.05. The number of rotatable bonds is 6. The van der Waals surface area contributed by atoms with Gasteiger partial charge < -0.3 is 0 Å². The molecular weight excluding hydrogens is 797 g/mol. The normalized spacial score (nSPS) is 12.1. The van der Waals surface area contributed by atoms with Gasteiger partial charge in [-0.2, -0.15) is 0 Å². The Bertz CT molecular complexity index is 3480. The van der Waals surface area contributed by atoms with Crippen molar-refractivity contribution in [2.24, 2.45) is 0 Å². The zero-order valence-corrected chi connectivity index (χ0v) is 35.9. The summed E-state index contributed by atoms with van der Waals surface area (Å²) in [5, 5.41) is 5.25. The molecule has 0 fully saturated rings. The zero-order chi connectivity index (χ0) is 41.4. The first-order valence-corrected chi connectivity index (χ1v) is 23.3. The molecule has 0 atom stereocenters. The van der Waals surface area contributed by atoms with Gasteiger partial charge in [0, 0.05) is 51.5 Å². The molecule has 0 bridgehead atoms. The first-order chi connectivity index (χ1) is 31.2. The van der Waals surface area contributed by atoms with Gasteiger partial charge in [0.05, 0.1) is 0 Å². The lowest BCUT2D eigenvalue weighted by Crippen LogP contribution is -1.87. The van der Waals surface area contributed by atoms with Gasteiger partial charge in [-0.3, -0.25) is 0 Å². The van der Waals surface area contributed by atoms with Crippen LogP contribution in [0.2, 0.25) is 0 Å². The summed E-state index contributed by atoms with van der Waals surface area (Å²) >= 11 is 3.82. The average molecular weight is 835 g/mol. The van der Waals surface area contributed by atoms with E-state index in [0.29, 0.717) is 0 Å². The molecule has 0 saturated carbocycles. The molecule has 0 amide bonds. The Morgan fingerprint density at radius 2 is 0.571 bits per heavy atom. The molecule has 10 aromatic carbocycles. The summed E-state index contributed by atoms with van der Waals surface area (Å²) in [4.78, 5) is 0. The summed E-state index contributed by atoms with van der Waals surface area (Å²) in [5.74, 6) is 0. The highest BCUT2D eigenvalue weighted by molar-refractivity contribution is 7.26. The lowest BCUT2D eigenvalue weighted by molar-refractivity contribution is 1.26. The van der Waals surface area contributed by atoms with Crippen molar-refractivity contribution in [2.75, 3.05) is 0 Å². The minimum Gasteiger partial charge on any atom is -0.135 e. The second-order valence-electron chi connectivity index (χ2n) is 16.8. The van der Waals surface area contributed by atoms with Crippen LogP contribution in [-0.2, 0) is 6.42 Å². The SMILES string of the molecule is c1ccc(-c2ccc3sc4c(-c5ccc6c(c5)-c5cc(-c7cc(-c8ccccc8)cc8c7sc7ccc(-c9ccccc9)cc78)ccc5C6)cc(-c5ccccc5)cc4c3c2)cc1. The third-order valence-corrected chi connectivity index (χ3v) is 15.5. The van der Waals surface area contributed by atoms with Crippen molar-refractivity contribution in [3.05, 3.63) is 230 Å². The van der Waals surface area contributed by atoms with E-state index in [4.69, 9.17) is 0 Å². The topological polar surface area (TPSA) is 0 Å². The van der Waals surface area contributed by atoms with Gasteiger partial charge >= 0.3 is 0 Å². The van der Waals surface area contributed by atoms with Crippen LogP contribution in [0.15, 0.2) is 218 Å². The third-order valence-electron chi connectivity index (χ3n) is 13.1. The van der Waals surface area contributed by atoms with Crippen LogP contribution in [0, 0.1) is 0 Å². The third kappa shape index (κ3) is 6.17. The predicted octanol–water partition coefficient (Wildman–Crippen LogP) is 18.0. The summed E-state index contributed by atoms with van der Waals surface area (Å²) in [6, 6.07) is 81.3. The molecule has 1 aliphatic carbocycles. The molecule has 0 unspecified atom stereocenters. The minimum absolute atomic E-state index is 0.945. The van der Waals surface area contributed by atoms with E-state index in [-0.39, 0.29) is 0 Å². The lowest BCUT2D eigenvalue weighted by atomic mass is 9.92. The van der Waals surface area contributed by atoms with Crippen molar-refractivity contribution < 1.29 is 0 Å². The molecule has 1 aliphatic rings. The van der Waals surface area contributed by atoms with Crippen LogP contribution in [0.4, 0.5) is 0 Å². The molecule has 0 radical (unpaired) electrons. The maximum Gasteiger partial charge on any atom is 0.0434 e. The van der Waals surface area contributed by atoms with E-state index in [1.54, 1.807) is 0 Å². The molecule has 2 aromatic heterocycles. The van der Waals surface area contributed by atoms with E-state index in [1.807, 2.05) is 22.7 Å². The lowest BCUT2D eigenvalue weighted by Gasteiger charge is -2.12. The summed E-state index contributed by atoms with van der Waals surface area (Å²) in [6.07, 6.45) is 0.945. The number of benzene rings is 10. The Balaban J connectivity index is 0.976. The van der Waals surface area contributed by atoms with E-state index < -0.39 is 0 Å². The second-order valence-corrected chi connectivity index (χ2v) is 18.9. The van der Waals surface area contributed by atoms with Gasteiger partial charge in [-0.25, -0.2) is 0 Å². The molecule has 2 heterocycles. The first-order valence-electron chi connectivity index (χ1n) is 21.7. The molecule has 12 aromatic rings. The van der Waals surface area contributed by atoms with E-state index in [1.165, 1.54) is 129 Å². The summed E-state index contributed by atoms with van der Waals surface area (Å²) in [5.41, 5.74) is 20.5. The highest BCUT2D eigenvalue weighted by Crippen LogP contribution is 2.49. The fourth-order valence-electron chi connectivity index (χ4n) is 9.90. The van der Waals surface area contributed by atoms with Gasteiger partial charge in [-0.1, -0.05) is 158 Å². The molecule has 0 N–H and O–H groups in total. The summed E-state index contributed by atoms with van der Waals surface area (Å²) in [6.45, 7) is 0. The van der Waals surface area contributed by atoms with Gasteiger partial charge in [0.1, 0.15) is 0 Å². The maximum absolute atomic E-state index is 2.48. The maximum atomic E-state index is 2.48. The number of fused-ring (bicyclic) bond motifs is 9. The van der Waals surface area contributed by atoms with Crippen LogP contribution < -0.4 is 0 Å². The molecule has 0 nitrogen and oxygen atoms in total. The van der Waals surface area contributed by atoms with Gasteiger partial charge in [0.15, 0.2) is 0 Å². The summed E-state index contributed by atoms with van der Waals surface area (Å²) in [7, 11) is 0. The van der Waals surface area contributed by atoms with Crippen LogP contribution in [0.3, 0.4) is 0 Å². The van der Waals surface area contributed by atoms with E-state index in [2.05, 4.69) is 218 Å². The Labute approximate surface area is 374 Å². The van der Waals surface area contributed by atoms with E-state index in [9.17, 15) is 0 Å². The van der Waals surface area contributed by atoms with Crippen LogP contribution in [0.1, 0.15) is 11.1 Å². The highest BCUT2D eigenvalue weighted by atomic mass is 32.1. The molecular formula is C61H38S2.